The van der Waals surface area contributed by atoms with E-state index in [2.05, 4.69) is 11.9 Å². The summed E-state index contributed by atoms with van der Waals surface area (Å²) in [5.74, 6) is -3.99. The van der Waals surface area contributed by atoms with E-state index in [1.54, 1.807) is 57.7 Å². The first-order valence-electron chi connectivity index (χ1n) is 16.6. The number of sulfone groups is 1. The van der Waals surface area contributed by atoms with Crippen molar-refractivity contribution < 1.29 is 37.0 Å². The van der Waals surface area contributed by atoms with Gasteiger partial charge in [0.05, 0.1) is 34.1 Å². The third-order valence-electron chi connectivity index (χ3n) is 9.67. The van der Waals surface area contributed by atoms with Gasteiger partial charge in [-0.1, -0.05) is 54.9 Å². The molecule has 0 aromatic heterocycles. The minimum Gasteiger partial charge on any atom is -0.496 e. The maximum atomic E-state index is 15.4. The Labute approximate surface area is 309 Å². The van der Waals surface area contributed by atoms with E-state index >= 15 is 9.18 Å². The standard InChI is InChI=1S/C38H45Cl2FN2O7S/c1-8-29(40)30(41)16-22(2)34-28(24-10-9-11-25(39)17-24)19-38(6,20-33(44)42-26-14-15-27(35(45)46)32(18-26)50-7)36(47)43(34)31(23-12-13-23)21-51(48,49)37(3,4)5/h8-11,14-18,23,28,31,34H,2,12-13,19-21H2,1,3-7H3,(H,42,44)(H,45,46)/b29-8+,30-16+/t28-,31-,34-,38-/m1/s1. The topological polar surface area (TPSA) is 130 Å². The second-order valence-electron chi connectivity index (χ2n) is 14.5. The van der Waals surface area contributed by atoms with Crippen LogP contribution in [0.15, 0.2) is 77.6 Å². The summed E-state index contributed by atoms with van der Waals surface area (Å²) < 4.78 is 47.0. The predicted octanol–water partition coefficient (Wildman–Crippen LogP) is 8.31. The minimum absolute atomic E-state index is 0.0412. The van der Waals surface area contributed by atoms with Crippen LogP contribution in [0.1, 0.15) is 82.1 Å². The number of hydrogen-bond donors (Lipinski definition) is 2. The summed E-state index contributed by atoms with van der Waals surface area (Å²) in [6, 6.07) is 9.43. The van der Waals surface area contributed by atoms with Crippen LogP contribution in [0.2, 0.25) is 5.02 Å². The van der Waals surface area contributed by atoms with Crippen molar-refractivity contribution in [2.45, 2.75) is 83.1 Å². The molecule has 2 fully saturated rings. The van der Waals surface area contributed by atoms with E-state index in [1.807, 2.05) is 6.07 Å². The van der Waals surface area contributed by atoms with Crippen molar-refractivity contribution in [1.29, 1.82) is 0 Å². The van der Waals surface area contributed by atoms with Crippen LogP contribution in [0, 0.1) is 11.3 Å². The van der Waals surface area contributed by atoms with E-state index in [4.69, 9.17) is 27.9 Å². The predicted molar refractivity (Wildman–Crippen MR) is 199 cm³/mol. The molecule has 0 radical (unpaired) electrons. The van der Waals surface area contributed by atoms with Gasteiger partial charge in [-0.25, -0.2) is 17.6 Å². The molecular weight excluding hydrogens is 718 g/mol. The number of halogens is 3. The van der Waals surface area contributed by atoms with Crippen molar-refractivity contribution in [2.24, 2.45) is 11.3 Å². The number of carboxylic acid groups (broad SMARTS) is 1. The van der Waals surface area contributed by atoms with Gasteiger partial charge in [-0.05, 0) is 94.4 Å². The van der Waals surface area contributed by atoms with Crippen LogP contribution < -0.4 is 10.1 Å². The highest BCUT2D eigenvalue weighted by atomic mass is 35.5. The van der Waals surface area contributed by atoms with Crippen LogP contribution in [0.25, 0.3) is 0 Å². The lowest BCUT2D eigenvalue weighted by atomic mass is 9.66. The van der Waals surface area contributed by atoms with Gasteiger partial charge in [0.1, 0.15) is 17.1 Å². The molecule has 0 bridgehead atoms. The summed E-state index contributed by atoms with van der Waals surface area (Å²) in [6.07, 6.45) is 3.75. The SMILES string of the molecule is C=C(/C=C(F)\C(Cl)=C/C)[C@@H]1[C@@H](c2cccc(Cl)c2)C[C@](C)(CC(=O)Nc2ccc(C(=O)O)c(OC)c2)C(=O)N1[C@H](CS(=O)(=O)C(C)(C)C)C1CC1. The summed E-state index contributed by atoms with van der Waals surface area (Å²) in [5, 5.41) is 12.5. The second kappa shape index (κ2) is 15.5. The zero-order valence-electron chi connectivity index (χ0n) is 29.6. The molecule has 13 heteroatoms. The van der Waals surface area contributed by atoms with Gasteiger partial charge in [0.2, 0.25) is 11.8 Å². The van der Waals surface area contributed by atoms with E-state index < -0.39 is 61.6 Å². The molecule has 51 heavy (non-hydrogen) atoms. The fourth-order valence-electron chi connectivity index (χ4n) is 6.65. The molecule has 2 aromatic carbocycles. The van der Waals surface area contributed by atoms with Crippen LogP contribution in [0.4, 0.5) is 10.1 Å². The Morgan fingerprint density at radius 2 is 1.88 bits per heavy atom. The number of carboxylic acids is 1. The number of carbonyl (C=O) groups excluding carboxylic acids is 2. The third-order valence-corrected chi connectivity index (χ3v) is 12.9. The van der Waals surface area contributed by atoms with Crippen molar-refractivity contribution in [2.75, 3.05) is 18.2 Å². The van der Waals surface area contributed by atoms with Crippen molar-refractivity contribution in [3.05, 3.63) is 93.8 Å². The molecule has 276 valence electrons. The number of carbonyl (C=O) groups is 3. The normalized spacial score (nSPS) is 22.4. The largest absolute Gasteiger partial charge is 0.496 e. The Kier molecular flexibility index (Phi) is 12.2. The molecule has 9 nitrogen and oxygen atoms in total. The number of amides is 2. The number of likely N-dealkylation sites (tertiary alicyclic amines) is 1. The van der Waals surface area contributed by atoms with E-state index in [0.717, 1.165) is 0 Å². The highest BCUT2D eigenvalue weighted by Crippen LogP contribution is 2.51. The Bertz CT molecular complexity index is 1880. The molecule has 1 saturated carbocycles. The number of allylic oxidation sites excluding steroid dienone is 3. The fraction of sp³-hybridized carbons (Fsp3) is 0.447. The molecule has 0 unspecified atom stereocenters. The fourth-order valence-corrected chi connectivity index (χ4v) is 8.29. The number of methoxy groups -OCH3 is 1. The first kappa shape index (κ1) is 40.1. The highest BCUT2D eigenvalue weighted by Gasteiger charge is 2.55. The van der Waals surface area contributed by atoms with E-state index in [-0.39, 0.29) is 52.1 Å². The van der Waals surface area contributed by atoms with Gasteiger partial charge in [-0.2, -0.15) is 0 Å². The number of benzene rings is 2. The molecule has 4 atom stereocenters. The van der Waals surface area contributed by atoms with Gasteiger partial charge in [0, 0.05) is 35.2 Å². The summed E-state index contributed by atoms with van der Waals surface area (Å²) >= 11 is 12.6. The summed E-state index contributed by atoms with van der Waals surface area (Å²) in [7, 11) is -2.45. The molecule has 2 amide bonds. The summed E-state index contributed by atoms with van der Waals surface area (Å²) in [5.41, 5.74) is -0.293. The monoisotopic (exact) mass is 762 g/mol. The van der Waals surface area contributed by atoms with Gasteiger partial charge >= 0.3 is 5.97 Å². The van der Waals surface area contributed by atoms with Crippen LogP contribution in [0.3, 0.4) is 0 Å². The van der Waals surface area contributed by atoms with Crippen molar-refractivity contribution in [1.82, 2.24) is 4.90 Å². The average Bonchev–Trinajstić information content (AvgIpc) is 3.89. The molecule has 1 saturated heterocycles. The Balaban J connectivity index is 1.87. The molecule has 1 aliphatic heterocycles. The minimum atomic E-state index is -3.77. The highest BCUT2D eigenvalue weighted by molar-refractivity contribution is 7.92. The molecule has 2 aromatic rings. The van der Waals surface area contributed by atoms with E-state index in [1.165, 1.54) is 37.5 Å². The van der Waals surface area contributed by atoms with Crippen molar-refractivity contribution >= 4 is 56.5 Å². The molecule has 1 heterocycles. The van der Waals surface area contributed by atoms with Crippen LogP contribution >= 0.6 is 23.2 Å². The number of rotatable bonds is 13. The lowest BCUT2D eigenvalue weighted by Gasteiger charge is -2.52. The molecule has 4 rings (SSSR count). The van der Waals surface area contributed by atoms with Gasteiger partial charge in [0.25, 0.3) is 0 Å². The quantitative estimate of drug-likeness (QED) is 0.196. The summed E-state index contributed by atoms with van der Waals surface area (Å²) in [4.78, 5) is 41.9. The smallest absolute Gasteiger partial charge is 0.339 e. The second-order valence-corrected chi connectivity index (χ2v) is 18.2. The van der Waals surface area contributed by atoms with Crippen molar-refractivity contribution in [3.63, 3.8) is 0 Å². The number of nitrogens with one attached hydrogen (secondary N) is 1. The number of nitrogens with zero attached hydrogens (tertiary/aromatic N) is 1. The Morgan fingerprint density at radius 3 is 2.43 bits per heavy atom. The lowest BCUT2D eigenvalue weighted by molar-refractivity contribution is -0.154. The Morgan fingerprint density at radius 1 is 1.22 bits per heavy atom. The van der Waals surface area contributed by atoms with Crippen LogP contribution in [-0.4, -0.2) is 65.9 Å². The number of hydrogen-bond acceptors (Lipinski definition) is 6. The number of piperidine rings is 1. The third kappa shape index (κ3) is 9.04. The maximum absolute atomic E-state index is 15.4. The number of anilines is 1. The number of aromatic carboxylic acids is 1. The molecule has 2 aliphatic rings. The zero-order valence-corrected chi connectivity index (χ0v) is 32.0. The molecule has 2 N–H and O–H groups in total. The van der Waals surface area contributed by atoms with Crippen LogP contribution in [-0.2, 0) is 19.4 Å². The molecule has 1 aliphatic carbocycles. The van der Waals surface area contributed by atoms with Gasteiger partial charge in [-0.3, -0.25) is 9.59 Å². The lowest BCUT2D eigenvalue weighted by Crippen LogP contribution is -2.62. The Hall–Kier alpha value is -3.67. The maximum Gasteiger partial charge on any atom is 0.339 e. The molecule has 0 spiro atoms. The van der Waals surface area contributed by atoms with Gasteiger partial charge < -0.3 is 20.1 Å². The first-order chi connectivity index (χ1) is 23.7. The van der Waals surface area contributed by atoms with Crippen molar-refractivity contribution in [3.8, 4) is 5.75 Å². The zero-order chi connectivity index (χ0) is 38.1. The average molecular weight is 764 g/mol. The van der Waals surface area contributed by atoms with Gasteiger partial charge in [-0.15, -0.1) is 0 Å². The van der Waals surface area contributed by atoms with Gasteiger partial charge in [0.15, 0.2) is 9.84 Å². The number of ether oxygens (including phenoxy) is 1. The molecular formula is C38H45Cl2FN2O7S. The first-order valence-corrected chi connectivity index (χ1v) is 19.0. The van der Waals surface area contributed by atoms with E-state index in [0.29, 0.717) is 23.4 Å². The van der Waals surface area contributed by atoms with E-state index in [9.17, 15) is 23.1 Å². The summed E-state index contributed by atoms with van der Waals surface area (Å²) in [6.45, 7) is 12.3. The van der Waals surface area contributed by atoms with Crippen LogP contribution in [0.5, 0.6) is 5.75 Å².